The Morgan fingerprint density at radius 2 is 1.94 bits per heavy atom. The molecule has 0 aromatic rings. The summed E-state index contributed by atoms with van der Waals surface area (Å²) in [6.07, 6.45) is 0. The molecule has 0 amide bonds. The van der Waals surface area contributed by atoms with Gasteiger partial charge in [-0.3, -0.25) is 8.36 Å². The van der Waals surface area contributed by atoms with E-state index in [2.05, 4.69) is 46.3 Å². The second-order valence-electron chi connectivity index (χ2n) is 4.23. The molecule has 0 aliphatic carbocycles. The highest BCUT2D eigenvalue weighted by Gasteiger charge is 2.08. The summed E-state index contributed by atoms with van der Waals surface area (Å²) < 4.78 is 8.87. The Kier molecular flexibility index (Phi) is 11.4. The van der Waals surface area contributed by atoms with Crippen LogP contribution in [-0.2, 0) is 0 Å². The number of rotatable bonds is 4. The van der Waals surface area contributed by atoms with Crippen LogP contribution in [0.5, 0.6) is 0 Å². The van der Waals surface area contributed by atoms with E-state index in [-0.39, 0.29) is 49.1 Å². The summed E-state index contributed by atoms with van der Waals surface area (Å²) in [6, 6.07) is 1.39. The molecule has 7 nitrogen and oxygen atoms in total. The van der Waals surface area contributed by atoms with Gasteiger partial charge in [0.25, 0.3) is 0 Å². The second kappa shape index (κ2) is 11.9. The number of hydrogen-bond donors (Lipinski definition) is 5. The van der Waals surface area contributed by atoms with E-state index in [9.17, 15) is 0 Å². The maximum atomic E-state index is 3.66. The first kappa shape index (κ1) is 17.2. The van der Waals surface area contributed by atoms with Gasteiger partial charge < -0.3 is 23.8 Å². The Balaban J connectivity index is 2.28. The third-order valence-electron chi connectivity index (χ3n) is 2.54. The first-order valence-corrected chi connectivity index (χ1v) is 14.2. The van der Waals surface area contributed by atoms with Crippen molar-refractivity contribution in [3.05, 3.63) is 0 Å². The van der Waals surface area contributed by atoms with Gasteiger partial charge in [0, 0.05) is 13.2 Å². The fourth-order valence-electron chi connectivity index (χ4n) is 1.73. The van der Waals surface area contributed by atoms with Crippen LogP contribution in [0.25, 0.3) is 0 Å². The molecule has 0 aromatic heterocycles. The van der Waals surface area contributed by atoms with Crippen LogP contribution >= 0.6 is 12.1 Å². The van der Waals surface area contributed by atoms with E-state index < -0.39 is 0 Å². The van der Waals surface area contributed by atoms with Gasteiger partial charge in [0.2, 0.25) is 0 Å². The topological polar surface area (TPSA) is 66.6 Å². The summed E-state index contributed by atoms with van der Waals surface area (Å²) in [7, 11) is 3.24. The van der Waals surface area contributed by atoms with Crippen LogP contribution in [0.2, 0.25) is 6.04 Å². The van der Waals surface area contributed by atoms with E-state index in [1.165, 1.54) is 12.6 Å². The SMILES string of the molecule is CN[SiH2]N1[SiH2]CCNSN([SiH2]NC)[SiH2]NCN[SiH2]1. The van der Waals surface area contributed by atoms with E-state index in [0.717, 1.165) is 6.67 Å². The van der Waals surface area contributed by atoms with Crippen LogP contribution in [0, 0.1) is 0 Å². The lowest BCUT2D eigenvalue weighted by Gasteiger charge is -2.25. The molecular weight excluding hydrogens is 331 g/mol. The molecule has 0 unspecified atom stereocenters. The fraction of sp³-hybridized carbons (Fsp3) is 1.00. The van der Waals surface area contributed by atoms with Gasteiger partial charge in [-0.05, 0) is 32.3 Å². The standard InChI is InChI=1S/C5H27N7SSi5/c1-6-15-11-13-8-3-4-14-12(16-7-2)18-10-5-9-17-11/h6-10H,3-5,14-18H2,1-2H3. The minimum atomic E-state index is -0.307. The zero-order chi connectivity index (χ0) is 13.1. The molecule has 5 N–H and O–H groups in total. The van der Waals surface area contributed by atoms with Crippen molar-refractivity contribution in [1.82, 2.24) is 32.2 Å². The average molecular weight is 358 g/mol. The fourth-order valence-corrected chi connectivity index (χ4v) is 14.1. The molecule has 1 heterocycles. The highest BCUT2D eigenvalue weighted by molar-refractivity contribution is 7.97. The third-order valence-corrected chi connectivity index (χ3v) is 15.1. The summed E-state index contributed by atoms with van der Waals surface area (Å²) in [4.78, 5) is 14.0. The Morgan fingerprint density at radius 1 is 1.17 bits per heavy atom. The molecule has 13 heteroatoms. The Morgan fingerprint density at radius 3 is 2.72 bits per heavy atom. The van der Waals surface area contributed by atoms with Crippen LogP contribution in [0.15, 0.2) is 0 Å². The van der Waals surface area contributed by atoms with Gasteiger partial charge in [0.05, 0.1) is 9.68 Å². The maximum Gasteiger partial charge on any atom is 0.176 e. The van der Waals surface area contributed by atoms with Gasteiger partial charge >= 0.3 is 0 Å². The molecule has 1 fully saturated rings. The van der Waals surface area contributed by atoms with Crippen molar-refractivity contribution in [2.24, 2.45) is 0 Å². The smallest absolute Gasteiger partial charge is 0.176 e. The minimum Gasteiger partial charge on any atom is -0.359 e. The van der Waals surface area contributed by atoms with E-state index >= 15 is 0 Å². The predicted molar refractivity (Wildman–Crippen MR) is 96.1 cm³/mol. The molecular formula is C5H27N7SSi5. The zero-order valence-corrected chi connectivity index (χ0v) is 19.3. The molecule has 1 saturated heterocycles. The van der Waals surface area contributed by atoms with Crippen LogP contribution in [0.3, 0.4) is 0 Å². The van der Waals surface area contributed by atoms with Crippen molar-refractivity contribution in [2.75, 3.05) is 27.3 Å². The number of nitrogens with one attached hydrogen (secondary N) is 5. The normalized spacial score (nSPS) is 27.7. The van der Waals surface area contributed by atoms with Gasteiger partial charge in [0.1, 0.15) is 0 Å². The summed E-state index contributed by atoms with van der Waals surface area (Å²) in [5.74, 6) is 0. The average Bonchev–Trinajstić information content (AvgIpc) is 2.35. The van der Waals surface area contributed by atoms with Crippen molar-refractivity contribution in [2.45, 2.75) is 6.04 Å². The summed E-state index contributed by atoms with van der Waals surface area (Å²) in [5, 5.41) is 0. The van der Waals surface area contributed by atoms with Crippen molar-refractivity contribution >= 4 is 61.2 Å². The van der Waals surface area contributed by atoms with Crippen molar-refractivity contribution in [3.8, 4) is 0 Å². The summed E-state index contributed by atoms with van der Waals surface area (Å²) in [5.41, 5.74) is 0. The minimum absolute atomic E-state index is 0.0216. The van der Waals surface area contributed by atoms with Crippen LogP contribution < -0.4 is 24.7 Å². The molecule has 0 radical (unpaired) electrons. The Hall–Kier alpha value is 1.15. The number of hydrogen-bond acceptors (Lipinski definition) is 8. The van der Waals surface area contributed by atoms with Crippen molar-refractivity contribution in [1.29, 1.82) is 0 Å². The maximum absolute atomic E-state index is 3.66. The Bertz CT molecular complexity index is 173. The lowest BCUT2D eigenvalue weighted by atomic mass is 10.8. The Labute approximate surface area is 126 Å². The summed E-state index contributed by atoms with van der Waals surface area (Å²) in [6.45, 7) is 2.18. The van der Waals surface area contributed by atoms with E-state index in [4.69, 9.17) is 0 Å². The molecule has 108 valence electrons. The van der Waals surface area contributed by atoms with Gasteiger partial charge in [-0.2, -0.15) is 0 Å². The summed E-state index contributed by atoms with van der Waals surface area (Å²) >= 11 is 1.84. The molecule has 0 saturated carbocycles. The number of nitrogens with zero attached hydrogens (tertiary/aromatic N) is 2. The zero-order valence-electron chi connectivity index (χ0n) is 11.5. The van der Waals surface area contributed by atoms with Gasteiger partial charge in [-0.15, -0.1) is 0 Å². The van der Waals surface area contributed by atoms with E-state index in [1.807, 2.05) is 12.1 Å². The molecule has 1 aliphatic rings. The monoisotopic (exact) mass is 357 g/mol. The lowest BCUT2D eigenvalue weighted by molar-refractivity contribution is 0.810. The van der Waals surface area contributed by atoms with Crippen molar-refractivity contribution in [3.63, 3.8) is 0 Å². The first-order valence-electron chi connectivity index (χ1n) is 6.44. The molecule has 1 rings (SSSR count). The lowest BCUT2D eigenvalue weighted by Crippen LogP contribution is -2.52. The highest BCUT2D eigenvalue weighted by Crippen LogP contribution is 1.99. The quantitative estimate of drug-likeness (QED) is 0.252. The molecule has 0 spiro atoms. The molecule has 0 bridgehead atoms. The van der Waals surface area contributed by atoms with Gasteiger partial charge in [-0.25, -0.2) is 0 Å². The van der Waals surface area contributed by atoms with Gasteiger partial charge in [0.15, 0.2) is 39.4 Å². The van der Waals surface area contributed by atoms with Crippen molar-refractivity contribution < 1.29 is 0 Å². The third kappa shape index (κ3) is 8.35. The van der Waals surface area contributed by atoms with Crippen LogP contribution in [0.4, 0.5) is 0 Å². The van der Waals surface area contributed by atoms with E-state index in [0.29, 0.717) is 0 Å². The molecule has 0 aromatic carbocycles. The molecule has 1 aliphatic heterocycles. The first-order chi connectivity index (χ1) is 8.86. The highest BCUT2D eigenvalue weighted by atomic mass is 32.2. The molecule has 18 heavy (non-hydrogen) atoms. The van der Waals surface area contributed by atoms with Crippen LogP contribution in [-0.4, -0.2) is 83.9 Å². The molecule has 0 atom stereocenters. The van der Waals surface area contributed by atoms with Crippen LogP contribution in [0.1, 0.15) is 0 Å². The largest absolute Gasteiger partial charge is 0.359 e. The van der Waals surface area contributed by atoms with E-state index in [1.54, 1.807) is 0 Å². The van der Waals surface area contributed by atoms with Gasteiger partial charge in [-0.1, -0.05) is 0 Å². The second-order valence-corrected chi connectivity index (χ2v) is 18.8. The predicted octanol–water partition coefficient (Wildman–Crippen LogP) is -6.17.